The van der Waals surface area contributed by atoms with Crippen LogP contribution in [0.2, 0.25) is 0 Å². The van der Waals surface area contributed by atoms with E-state index in [1.807, 2.05) is 37.3 Å². The lowest BCUT2D eigenvalue weighted by molar-refractivity contribution is 0.0972. The summed E-state index contributed by atoms with van der Waals surface area (Å²) in [5.41, 5.74) is 1.62. The Morgan fingerprint density at radius 3 is 2.44 bits per heavy atom. The fourth-order valence-corrected chi connectivity index (χ4v) is 5.31. The number of aryl methyl sites for hydroxylation is 1. The van der Waals surface area contributed by atoms with Crippen LogP contribution in [-0.4, -0.2) is 31.6 Å². The Morgan fingerprint density at radius 2 is 1.66 bits per heavy atom. The van der Waals surface area contributed by atoms with Crippen LogP contribution in [0.5, 0.6) is 17.2 Å². The topological polar surface area (TPSA) is 117 Å². The minimum atomic E-state index is -0.745. The molecule has 3 heterocycles. The Labute approximate surface area is 234 Å². The highest BCUT2D eigenvalue weighted by Gasteiger charge is 2.28. The summed E-state index contributed by atoms with van der Waals surface area (Å²) in [6.07, 6.45) is -0.222. The van der Waals surface area contributed by atoms with Gasteiger partial charge in [-0.25, -0.2) is 4.68 Å². The van der Waals surface area contributed by atoms with Gasteiger partial charge in [-0.1, -0.05) is 36.4 Å². The number of carbonyl (C=O) groups excluding carboxylic acids is 1. The van der Waals surface area contributed by atoms with Crippen molar-refractivity contribution in [3.05, 3.63) is 110 Å². The normalized spacial score (nSPS) is 13.0. The second-order valence-electron chi connectivity index (χ2n) is 9.98. The maximum absolute atomic E-state index is 13.8. The average molecular weight is 553 g/mol. The molecule has 6 rings (SSSR count). The molecule has 1 aliphatic heterocycles. The molecule has 0 saturated carbocycles. The number of hydrogen-bond acceptors (Lipinski definition) is 7. The number of carbonyl (C=O) groups is 1. The molecule has 0 radical (unpaired) electrons. The zero-order valence-corrected chi connectivity index (χ0v) is 22.7. The highest BCUT2D eigenvalue weighted by Crippen LogP contribution is 2.37. The fraction of sp³-hybridized carbons (Fsp3) is 0.194. The molecule has 2 N–H and O–H groups in total. The van der Waals surface area contributed by atoms with Crippen LogP contribution < -0.4 is 25.9 Å². The molecular formula is C31H28N4O6. The smallest absolute Gasteiger partial charge is 0.295 e. The van der Waals surface area contributed by atoms with Gasteiger partial charge in [0.25, 0.3) is 11.1 Å². The van der Waals surface area contributed by atoms with Crippen LogP contribution >= 0.6 is 0 Å². The molecular weight excluding hydrogens is 524 g/mol. The van der Waals surface area contributed by atoms with E-state index in [1.54, 1.807) is 65.9 Å². The van der Waals surface area contributed by atoms with E-state index < -0.39 is 17.4 Å². The lowest BCUT2D eigenvalue weighted by Gasteiger charge is -2.20. The maximum Gasteiger partial charge on any atom is 0.295 e. The van der Waals surface area contributed by atoms with Gasteiger partial charge in [-0.15, -0.1) is 0 Å². The van der Waals surface area contributed by atoms with Gasteiger partial charge in [0.2, 0.25) is 6.79 Å². The Kier molecular flexibility index (Phi) is 6.37. The first-order chi connectivity index (χ1) is 19.8. The zero-order valence-electron chi connectivity index (χ0n) is 22.7. The summed E-state index contributed by atoms with van der Waals surface area (Å²) in [5, 5.41) is 14.7. The third kappa shape index (κ3) is 4.33. The van der Waals surface area contributed by atoms with Gasteiger partial charge in [0.15, 0.2) is 17.3 Å². The first kappa shape index (κ1) is 26.0. The summed E-state index contributed by atoms with van der Waals surface area (Å²) in [5.74, 6) is 0.154. The Bertz CT molecular complexity index is 1940. The molecule has 1 unspecified atom stereocenters. The minimum absolute atomic E-state index is 0.0798. The monoisotopic (exact) mass is 552 g/mol. The van der Waals surface area contributed by atoms with E-state index in [9.17, 15) is 19.5 Å². The number of hydrogen-bond donors (Lipinski definition) is 2. The number of nitrogens with zero attached hydrogens (tertiary/aromatic N) is 3. The predicted octanol–water partition coefficient (Wildman–Crippen LogP) is 4.20. The summed E-state index contributed by atoms with van der Waals surface area (Å²) >= 11 is 0. The van der Waals surface area contributed by atoms with Gasteiger partial charge >= 0.3 is 0 Å². The molecule has 3 aromatic carbocycles. The number of benzene rings is 3. The first-order valence-corrected chi connectivity index (χ1v) is 13.1. The van der Waals surface area contributed by atoms with Crippen molar-refractivity contribution >= 4 is 22.4 Å². The molecule has 0 spiro atoms. The van der Waals surface area contributed by atoms with Gasteiger partial charge in [0, 0.05) is 25.9 Å². The quantitative estimate of drug-likeness (QED) is 0.291. The third-order valence-electron chi connectivity index (χ3n) is 7.62. The molecule has 0 amide bonds. The van der Waals surface area contributed by atoms with Gasteiger partial charge in [-0.2, -0.15) is 0 Å². The summed E-state index contributed by atoms with van der Waals surface area (Å²) in [6.45, 7) is 1.89. The van der Waals surface area contributed by atoms with Crippen LogP contribution in [-0.2, 0) is 14.1 Å². The van der Waals surface area contributed by atoms with Crippen molar-refractivity contribution < 1.29 is 19.4 Å². The van der Waals surface area contributed by atoms with Crippen molar-refractivity contribution in [1.29, 1.82) is 0 Å². The number of rotatable bonds is 7. The highest BCUT2D eigenvalue weighted by atomic mass is 16.7. The van der Waals surface area contributed by atoms with E-state index in [0.717, 1.165) is 0 Å². The van der Waals surface area contributed by atoms with Crippen molar-refractivity contribution in [2.24, 2.45) is 14.1 Å². The lowest BCUT2D eigenvalue weighted by Crippen LogP contribution is -2.27. The Balaban J connectivity index is 1.44. The number of aromatic hydroxyl groups is 1. The largest absolute Gasteiger partial charge is 0.506 e. The molecule has 41 heavy (non-hydrogen) atoms. The highest BCUT2D eigenvalue weighted by molar-refractivity contribution is 6.03. The van der Waals surface area contributed by atoms with E-state index >= 15 is 0 Å². The van der Waals surface area contributed by atoms with Gasteiger partial charge in [-0.3, -0.25) is 19.1 Å². The molecule has 5 aromatic rings. The molecule has 2 aromatic heterocycles. The summed E-state index contributed by atoms with van der Waals surface area (Å²) < 4.78 is 15.6. The van der Waals surface area contributed by atoms with E-state index in [-0.39, 0.29) is 30.1 Å². The fourth-order valence-electron chi connectivity index (χ4n) is 5.31. The first-order valence-electron chi connectivity index (χ1n) is 13.1. The standard InChI is InChI=1S/C31H28N4O6/c1-18-28(31(39)35(34(18)3)20-9-5-4-6-10-20)32-22(19-13-14-25-26(15-19)41-17-40-25)16-24(36)27-29(37)21-11-7-8-12-23(21)33(2)30(27)38/h4-15,22,32,37H,16-17H2,1-3H3. The minimum Gasteiger partial charge on any atom is -0.506 e. The van der Waals surface area contributed by atoms with Crippen LogP contribution in [0.3, 0.4) is 0 Å². The molecule has 10 nitrogen and oxygen atoms in total. The summed E-state index contributed by atoms with van der Waals surface area (Å²) in [4.78, 5) is 40.7. The third-order valence-corrected chi connectivity index (χ3v) is 7.62. The number of Topliss-reactive ketones (excluding diaryl/α,β-unsaturated/α-hetero) is 1. The Morgan fingerprint density at radius 1 is 0.951 bits per heavy atom. The van der Waals surface area contributed by atoms with Crippen molar-refractivity contribution in [3.63, 3.8) is 0 Å². The van der Waals surface area contributed by atoms with Crippen LogP contribution in [0.15, 0.2) is 82.4 Å². The number of anilines is 1. The van der Waals surface area contributed by atoms with Crippen LogP contribution in [0.1, 0.15) is 34.1 Å². The number of aromatic nitrogens is 3. The van der Waals surface area contributed by atoms with Crippen molar-refractivity contribution in [3.8, 4) is 22.9 Å². The van der Waals surface area contributed by atoms with Crippen molar-refractivity contribution in [2.45, 2.75) is 19.4 Å². The number of pyridine rings is 1. The Hall–Kier alpha value is -5.25. The lowest BCUT2D eigenvalue weighted by atomic mass is 9.96. The summed E-state index contributed by atoms with van der Waals surface area (Å²) in [7, 11) is 3.35. The molecule has 0 bridgehead atoms. The molecule has 1 aliphatic rings. The number of ether oxygens (including phenoxy) is 2. The van der Waals surface area contributed by atoms with E-state index in [0.29, 0.717) is 45.0 Å². The number of ketones is 1. The van der Waals surface area contributed by atoms with E-state index in [4.69, 9.17) is 9.47 Å². The van der Waals surface area contributed by atoms with Gasteiger partial charge < -0.3 is 24.5 Å². The van der Waals surface area contributed by atoms with Crippen molar-refractivity contribution in [2.75, 3.05) is 12.1 Å². The van der Waals surface area contributed by atoms with E-state index in [2.05, 4.69) is 5.32 Å². The molecule has 0 aliphatic carbocycles. The second kappa shape index (κ2) is 10.1. The number of fused-ring (bicyclic) bond motifs is 2. The van der Waals surface area contributed by atoms with Crippen LogP contribution in [0.4, 0.5) is 5.69 Å². The molecule has 0 saturated heterocycles. The predicted molar refractivity (Wildman–Crippen MR) is 154 cm³/mol. The van der Waals surface area contributed by atoms with Gasteiger partial charge in [0.05, 0.1) is 22.9 Å². The molecule has 1 atom stereocenters. The van der Waals surface area contributed by atoms with Gasteiger partial charge in [-0.05, 0) is 48.9 Å². The van der Waals surface area contributed by atoms with Gasteiger partial charge in [0.1, 0.15) is 17.0 Å². The van der Waals surface area contributed by atoms with Crippen LogP contribution in [0, 0.1) is 6.92 Å². The molecule has 208 valence electrons. The summed E-state index contributed by atoms with van der Waals surface area (Å²) in [6, 6.07) is 20.6. The number of nitrogens with one attached hydrogen (secondary N) is 1. The van der Waals surface area contributed by atoms with E-state index in [1.165, 1.54) is 4.57 Å². The second-order valence-corrected chi connectivity index (χ2v) is 9.98. The van der Waals surface area contributed by atoms with Crippen molar-refractivity contribution in [1.82, 2.24) is 13.9 Å². The SMILES string of the molecule is Cc1c(NC(CC(=O)c2c(O)c3ccccc3n(C)c2=O)c2ccc3c(c2)OCO3)c(=O)n(-c2ccccc2)n1C. The maximum atomic E-state index is 13.8. The molecule has 0 fully saturated rings. The molecule has 10 heteroatoms. The number of para-hydroxylation sites is 2. The van der Waals surface area contributed by atoms with Crippen LogP contribution in [0.25, 0.3) is 16.6 Å². The average Bonchev–Trinajstić information content (AvgIpc) is 3.54. The zero-order chi connectivity index (χ0) is 28.8.